The number of rotatable bonds is 5. The van der Waals surface area contributed by atoms with E-state index < -0.39 is 10.0 Å². The van der Waals surface area contributed by atoms with Gasteiger partial charge in [0.1, 0.15) is 0 Å². The minimum Gasteiger partial charge on any atom is -0.493 e. The smallest absolute Gasteiger partial charge is 0.243 e. The molecule has 3 rings (SSSR count). The zero-order valence-corrected chi connectivity index (χ0v) is 17.4. The van der Waals surface area contributed by atoms with Gasteiger partial charge in [0.15, 0.2) is 11.5 Å². The molecule has 2 aromatic rings. The first-order chi connectivity index (χ1) is 12.5. The number of hydrogen-bond donors (Lipinski definition) is 1. The monoisotopic (exact) mass is 432 g/mol. The van der Waals surface area contributed by atoms with Crippen molar-refractivity contribution in [3.63, 3.8) is 0 Å². The fraction of sp³-hybridized carbons (Fsp3) is 0.333. The van der Waals surface area contributed by atoms with Crippen molar-refractivity contribution in [2.24, 2.45) is 0 Å². The molecule has 1 heterocycles. The molecule has 1 atom stereocenters. The molecule has 27 heavy (non-hydrogen) atoms. The van der Waals surface area contributed by atoms with Crippen LogP contribution >= 0.6 is 24.0 Å². The molecular formula is C18H22Cl2N2O4S. The highest BCUT2D eigenvalue weighted by molar-refractivity contribution is 7.89. The average molecular weight is 433 g/mol. The first kappa shape index (κ1) is 21.8. The fourth-order valence-electron chi connectivity index (χ4n) is 3.08. The average Bonchev–Trinajstić information content (AvgIpc) is 2.67. The second-order valence-electron chi connectivity index (χ2n) is 5.91. The van der Waals surface area contributed by atoms with E-state index in [9.17, 15) is 8.42 Å². The Morgan fingerprint density at radius 2 is 1.85 bits per heavy atom. The van der Waals surface area contributed by atoms with Gasteiger partial charge in [0.25, 0.3) is 0 Å². The standard InChI is InChI=1S/C18H21ClN2O4S.ClH/c1-24-17-7-6-15(11-18(17)25-2)26(22,23)21-9-8-20-12-16(21)13-4-3-5-14(19)10-13;/h3-7,10-11,16,20H,8-9,12H2,1-2H3;1H. The van der Waals surface area contributed by atoms with Gasteiger partial charge in [-0.25, -0.2) is 8.42 Å². The van der Waals surface area contributed by atoms with Crippen molar-refractivity contribution in [2.75, 3.05) is 33.9 Å². The molecule has 0 amide bonds. The summed E-state index contributed by atoms with van der Waals surface area (Å²) in [6, 6.07) is 11.6. The van der Waals surface area contributed by atoms with Crippen LogP contribution in [0.25, 0.3) is 0 Å². The molecule has 0 saturated carbocycles. The molecule has 1 N–H and O–H groups in total. The number of ether oxygens (including phenoxy) is 2. The predicted molar refractivity (Wildman–Crippen MR) is 108 cm³/mol. The Morgan fingerprint density at radius 3 is 2.52 bits per heavy atom. The van der Waals surface area contributed by atoms with Gasteiger partial charge >= 0.3 is 0 Å². The summed E-state index contributed by atoms with van der Waals surface area (Å²) in [6.45, 7) is 1.48. The van der Waals surface area contributed by atoms with Crippen molar-refractivity contribution in [3.8, 4) is 11.5 Å². The van der Waals surface area contributed by atoms with Crippen molar-refractivity contribution in [1.29, 1.82) is 0 Å². The van der Waals surface area contributed by atoms with Gasteiger partial charge in [-0.15, -0.1) is 12.4 Å². The Labute approximate surface area is 170 Å². The van der Waals surface area contributed by atoms with Crippen LogP contribution < -0.4 is 14.8 Å². The third kappa shape index (κ3) is 4.50. The summed E-state index contributed by atoms with van der Waals surface area (Å²) < 4.78 is 38.5. The highest BCUT2D eigenvalue weighted by Gasteiger charge is 2.35. The lowest BCUT2D eigenvalue weighted by atomic mass is 10.1. The summed E-state index contributed by atoms with van der Waals surface area (Å²) in [4.78, 5) is 0.170. The Hall–Kier alpha value is -1.51. The Kier molecular flexibility index (Phi) is 7.36. The van der Waals surface area contributed by atoms with E-state index in [2.05, 4.69) is 5.32 Å². The van der Waals surface area contributed by atoms with Crippen LogP contribution in [-0.4, -0.2) is 46.6 Å². The molecule has 0 aromatic heterocycles. The highest BCUT2D eigenvalue weighted by atomic mass is 35.5. The van der Waals surface area contributed by atoms with Crippen LogP contribution in [0.2, 0.25) is 5.02 Å². The molecule has 148 valence electrons. The van der Waals surface area contributed by atoms with E-state index in [4.69, 9.17) is 21.1 Å². The zero-order chi connectivity index (χ0) is 18.7. The molecule has 1 saturated heterocycles. The van der Waals surface area contributed by atoms with E-state index >= 15 is 0 Å². The van der Waals surface area contributed by atoms with Crippen LogP contribution in [0.15, 0.2) is 47.4 Å². The predicted octanol–water partition coefficient (Wildman–Crippen LogP) is 3.11. The molecule has 2 aromatic carbocycles. The number of nitrogens with one attached hydrogen (secondary N) is 1. The number of nitrogens with zero attached hydrogens (tertiary/aromatic N) is 1. The molecule has 0 spiro atoms. The lowest BCUT2D eigenvalue weighted by molar-refractivity contribution is 0.271. The topological polar surface area (TPSA) is 67.9 Å². The van der Waals surface area contributed by atoms with Crippen LogP contribution in [0, 0.1) is 0 Å². The summed E-state index contributed by atoms with van der Waals surface area (Å²) >= 11 is 6.10. The van der Waals surface area contributed by atoms with Gasteiger partial charge in [-0.3, -0.25) is 0 Å². The van der Waals surface area contributed by atoms with Crippen LogP contribution in [-0.2, 0) is 10.0 Å². The summed E-state index contributed by atoms with van der Waals surface area (Å²) in [6.07, 6.45) is 0. The van der Waals surface area contributed by atoms with Gasteiger partial charge in [-0.1, -0.05) is 23.7 Å². The van der Waals surface area contributed by atoms with Crippen molar-refractivity contribution >= 4 is 34.0 Å². The van der Waals surface area contributed by atoms with E-state index in [-0.39, 0.29) is 23.3 Å². The number of methoxy groups -OCH3 is 2. The SMILES string of the molecule is COc1ccc(S(=O)(=O)N2CCNCC2c2cccc(Cl)c2)cc1OC.Cl. The van der Waals surface area contributed by atoms with Gasteiger partial charge in [-0.05, 0) is 29.8 Å². The Bertz CT molecular complexity index is 893. The second-order valence-corrected chi connectivity index (χ2v) is 8.23. The maximum Gasteiger partial charge on any atom is 0.243 e. The largest absolute Gasteiger partial charge is 0.493 e. The van der Waals surface area contributed by atoms with Crippen LogP contribution in [0.4, 0.5) is 0 Å². The quantitative estimate of drug-likeness (QED) is 0.785. The second kappa shape index (κ2) is 9.12. The minimum atomic E-state index is -3.72. The summed E-state index contributed by atoms with van der Waals surface area (Å²) in [5, 5.41) is 3.83. The Balaban J connectivity index is 0.00000261. The van der Waals surface area contributed by atoms with Gasteiger partial charge in [0.05, 0.1) is 25.2 Å². The summed E-state index contributed by atoms with van der Waals surface area (Å²) in [7, 11) is -0.724. The molecule has 1 aliphatic heterocycles. The van der Waals surface area contributed by atoms with Crippen molar-refractivity contribution in [2.45, 2.75) is 10.9 Å². The molecule has 0 radical (unpaired) electrons. The van der Waals surface area contributed by atoms with E-state index in [0.717, 1.165) is 5.56 Å². The number of sulfonamides is 1. The molecule has 1 unspecified atom stereocenters. The highest BCUT2D eigenvalue weighted by Crippen LogP contribution is 2.34. The van der Waals surface area contributed by atoms with Gasteiger partial charge in [-0.2, -0.15) is 4.31 Å². The van der Waals surface area contributed by atoms with Gasteiger partial charge < -0.3 is 14.8 Å². The molecule has 1 aliphatic rings. The van der Waals surface area contributed by atoms with E-state index in [0.29, 0.717) is 36.2 Å². The molecular weight excluding hydrogens is 411 g/mol. The van der Waals surface area contributed by atoms with Crippen LogP contribution in [0.3, 0.4) is 0 Å². The van der Waals surface area contributed by atoms with Gasteiger partial charge in [0.2, 0.25) is 10.0 Å². The minimum absolute atomic E-state index is 0. The van der Waals surface area contributed by atoms with Crippen molar-refractivity contribution in [1.82, 2.24) is 9.62 Å². The number of halogens is 2. The third-order valence-electron chi connectivity index (χ3n) is 4.39. The molecule has 0 aliphatic carbocycles. The molecule has 1 fully saturated rings. The lowest BCUT2D eigenvalue weighted by Crippen LogP contribution is -2.48. The molecule has 9 heteroatoms. The first-order valence-corrected chi connectivity index (χ1v) is 9.99. The fourth-order valence-corrected chi connectivity index (χ4v) is 4.91. The molecule has 0 bridgehead atoms. The maximum atomic E-state index is 13.3. The van der Waals surface area contributed by atoms with Crippen molar-refractivity contribution < 1.29 is 17.9 Å². The lowest BCUT2D eigenvalue weighted by Gasteiger charge is -2.35. The van der Waals surface area contributed by atoms with Crippen LogP contribution in [0.5, 0.6) is 11.5 Å². The number of hydrogen-bond acceptors (Lipinski definition) is 5. The van der Waals surface area contributed by atoms with Crippen LogP contribution in [0.1, 0.15) is 11.6 Å². The zero-order valence-electron chi connectivity index (χ0n) is 15.0. The van der Waals surface area contributed by atoms with Gasteiger partial charge in [0, 0.05) is 30.7 Å². The van der Waals surface area contributed by atoms with E-state index in [1.54, 1.807) is 18.2 Å². The third-order valence-corrected chi connectivity index (χ3v) is 6.53. The van der Waals surface area contributed by atoms with Crippen molar-refractivity contribution in [3.05, 3.63) is 53.1 Å². The van der Waals surface area contributed by atoms with E-state index in [1.807, 2.05) is 12.1 Å². The summed E-state index contributed by atoms with van der Waals surface area (Å²) in [5.41, 5.74) is 0.855. The first-order valence-electron chi connectivity index (χ1n) is 8.17. The molecule has 6 nitrogen and oxygen atoms in total. The maximum absolute atomic E-state index is 13.3. The van der Waals surface area contributed by atoms with E-state index in [1.165, 1.54) is 30.7 Å². The Morgan fingerprint density at radius 1 is 1.11 bits per heavy atom. The number of piperazine rings is 1. The number of benzene rings is 2. The summed E-state index contributed by atoms with van der Waals surface area (Å²) in [5.74, 6) is 0.862. The normalized spacial score (nSPS) is 17.8.